The lowest BCUT2D eigenvalue weighted by atomic mass is 9.72. The summed E-state index contributed by atoms with van der Waals surface area (Å²) in [6.45, 7) is 0. The standard InChI is InChI=1S/C20H15BO2/c22-21(23)20-17-12-6-4-10-15(17)19(14-8-2-1-3-9-14)16-11-5-7-13-18(16)20/h1-13,22-23H/i8D. The third-order valence-electron chi connectivity index (χ3n) is 4.21. The normalized spacial score (nSPS) is 11.7. The van der Waals surface area contributed by atoms with E-state index in [1.54, 1.807) is 6.07 Å². The zero-order chi connectivity index (χ0) is 16.7. The van der Waals surface area contributed by atoms with Gasteiger partial charge in [0.15, 0.2) is 0 Å². The van der Waals surface area contributed by atoms with Crippen molar-refractivity contribution in [2.45, 2.75) is 0 Å². The predicted molar refractivity (Wildman–Crippen MR) is 96.7 cm³/mol. The van der Waals surface area contributed by atoms with E-state index in [0.717, 1.165) is 32.7 Å². The van der Waals surface area contributed by atoms with Crippen molar-refractivity contribution < 1.29 is 11.4 Å². The Hall–Kier alpha value is -2.62. The van der Waals surface area contributed by atoms with E-state index in [-0.39, 0.29) is 0 Å². The number of fused-ring (bicyclic) bond motifs is 2. The Labute approximate surface area is 136 Å². The number of benzene rings is 4. The lowest BCUT2D eigenvalue weighted by Crippen LogP contribution is -2.31. The maximum Gasteiger partial charge on any atom is 0.489 e. The van der Waals surface area contributed by atoms with Gasteiger partial charge in [-0.15, -0.1) is 0 Å². The van der Waals surface area contributed by atoms with Crippen molar-refractivity contribution in [1.29, 1.82) is 0 Å². The molecule has 0 aliphatic rings. The van der Waals surface area contributed by atoms with E-state index in [9.17, 15) is 10.0 Å². The lowest BCUT2D eigenvalue weighted by Gasteiger charge is -2.16. The molecule has 0 heterocycles. The molecule has 4 rings (SSSR count). The van der Waals surface area contributed by atoms with Crippen LogP contribution in [0.15, 0.2) is 78.8 Å². The second-order valence-corrected chi connectivity index (χ2v) is 5.53. The highest BCUT2D eigenvalue weighted by Crippen LogP contribution is 2.35. The minimum Gasteiger partial charge on any atom is -0.423 e. The van der Waals surface area contributed by atoms with Crippen LogP contribution in [0, 0.1) is 0 Å². The first-order valence-electron chi connectivity index (χ1n) is 8.04. The van der Waals surface area contributed by atoms with Gasteiger partial charge in [-0.1, -0.05) is 78.8 Å². The molecule has 0 fully saturated rings. The van der Waals surface area contributed by atoms with Crippen molar-refractivity contribution in [1.82, 2.24) is 0 Å². The molecule has 2 nitrogen and oxygen atoms in total. The first kappa shape index (κ1) is 12.9. The summed E-state index contributed by atoms with van der Waals surface area (Å²) in [7, 11) is -1.56. The molecule has 110 valence electrons. The average Bonchev–Trinajstić information content (AvgIpc) is 2.60. The van der Waals surface area contributed by atoms with Crippen molar-refractivity contribution in [3.63, 3.8) is 0 Å². The molecule has 2 N–H and O–H groups in total. The third kappa shape index (κ3) is 2.22. The maximum atomic E-state index is 9.95. The second-order valence-electron chi connectivity index (χ2n) is 5.53. The van der Waals surface area contributed by atoms with Gasteiger partial charge in [-0.2, -0.15) is 0 Å². The minimum atomic E-state index is -1.56. The molecule has 4 aromatic rings. The van der Waals surface area contributed by atoms with Crippen LogP contribution in [0.4, 0.5) is 0 Å². The Bertz CT molecular complexity index is 1000. The molecular weight excluding hydrogens is 283 g/mol. The molecule has 0 unspecified atom stereocenters. The zero-order valence-corrected chi connectivity index (χ0v) is 12.4. The van der Waals surface area contributed by atoms with Gasteiger partial charge in [-0.05, 0) is 38.1 Å². The summed E-state index contributed by atoms with van der Waals surface area (Å²) in [5, 5.41) is 23.3. The Morgan fingerprint density at radius 2 is 1.17 bits per heavy atom. The van der Waals surface area contributed by atoms with E-state index < -0.39 is 7.12 Å². The summed E-state index contributed by atoms with van der Waals surface area (Å²) in [6, 6.07) is 23.3. The Morgan fingerprint density at radius 3 is 1.70 bits per heavy atom. The monoisotopic (exact) mass is 299 g/mol. The summed E-state index contributed by atoms with van der Waals surface area (Å²) in [4.78, 5) is 0. The molecule has 4 aromatic carbocycles. The van der Waals surface area contributed by atoms with Gasteiger partial charge in [-0.3, -0.25) is 0 Å². The molecule has 0 saturated heterocycles. The first-order valence-corrected chi connectivity index (χ1v) is 7.54. The van der Waals surface area contributed by atoms with Crippen molar-refractivity contribution in [2.24, 2.45) is 0 Å². The quantitative estimate of drug-likeness (QED) is 0.440. The van der Waals surface area contributed by atoms with E-state index in [1.807, 2.05) is 66.7 Å². The zero-order valence-electron chi connectivity index (χ0n) is 13.4. The van der Waals surface area contributed by atoms with Crippen molar-refractivity contribution in [2.75, 3.05) is 0 Å². The Balaban J connectivity index is 2.28. The van der Waals surface area contributed by atoms with Gasteiger partial charge < -0.3 is 10.0 Å². The van der Waals surface area contributed by atoms with Crippen LogP contribution in [0.3, 0.4) is 0 Å². The molecule has 0 saturated carbocycles. The molecule has 0 spiro atoms. The highest BCUT2D eigenvalue weighted by Gasteiger charge is 2.21. The fourth-order valence-electron chi connectivity index (χ4n) is 3.28. The number of rotatable bonds is 2. The fourth-order valence-corrected chi connectivity index (χ4v) is 3.28. The third-order valence-corrected chi connectivity index (χ3v) is 4.21. The van der Waals surface area contributed by atoms with E-state index >= 15 is 0 Å². The second kappa shape index (κ2) is 5.54. The Morgan fingerprint density at radius 1 is 0.652 bits per heavy atom. The van der Waals surface area contributed by atoms with E-state index in [1.165, 1.54) is 0 Å². The van der Waals surface area contributed by atoms with Gasteiger partial charge >= 0.3 is 7.12 Å². The molecular formula is C20H15BO2. The summed E-state index contributed by atoms with van der Waals surface area (Å²) in [5.74, 6) is 0. The molecule has 3 heteroatoms. The average molecular weight is 299 g/mol. The summed E-state index contributed by atoms with van der Waals surface area (Å²) in [6.07, 6.45) is 0. The van der Waals surface area contributed by atoms with Crippen LogP contribution in [0.2, 0.25) is 0 Å². The van der Waals surface area contributed by atoms with Crippen molar-refractivity contribution in [3.05, 3.63) is 78.8 Å². The van der Waals surface area contributed by atoms with Gasteiger partial charge in [0.25, 0.3) is 0 Å². The Kier molecular flexibility index (Phi) is 3.10. The van der Waals surface area contributed by atoms with Crippen molar-refractivity contribution in [3.8, 4) is 11.1 Å². The summed E-state index contributed by atoms with van der Waals surface area (Å²) >= 11 is 0. The largest absolute Gasteiger partial charge is 0.489 e. The van der Waals surface area contributed by atoms with Gasteiger partial charge in [0.2, 0.25) is 0 Å². The maximum absolute atomic E-state index is 9.95. The molecule has 0 aliphatic heterocycles. The first-order chi connectivity index (χ1) is 11.7. The highest BCUT2D eigenvalue weighted by atomic mass is 16.4. The van der Waals surface area contributed by atoms with E-state index in [0.29, 0.717) is 11.5 Å². The van der Waals surface area contributed by atoms with Crippen LogP contribution in [0.5, 0.6) is 0 Å². The van der Waals surface area contributed by atoms with Gasteiger partial charge in [0, 0.05) is 0 Å². The molecule has 0 aromatic heterocycles. The topological polar surface area (TPSA) is 40.5 Å². The summed E-state index contributed by atoms with van der Waals surface area (Å²) < 4.78 is 8.30. The minimum absolute atomic E-state index is 0.449. The van der Waals surface area contributed by atoms with Gasteiger partial charge in [-0.25, -0.2) is 0 Å². The molecule has 23 heavy (non-hydrogen) atoms. The summed E-state index contributed by atoms with van der Waals surface area (Å²) in [5.41, 5.74) is 2.30. The van der Waals surface area contributed by atoms with Crippen LogP contribution >= 0.6 is 0 Å². The molecule has 0 atom stereocenters. The fraction of sp³-hybridized carbons (Fsp3) is 0. The van der Waals surface area contributed by atoms with E-state index in [2.05, 4.69) is 0 Å². The molecule has 0 amide bonds. The smallest absolute Gasteiger partial charge is 0.423 e. The van der Waals surface area contributed by atoms with Crippen LogP contribution in [-0.4, -0.2) is 17.2 Å². The molecule has 0 bridgehead atoms. The van der Waals surface area contributed by atoms with Crippen LogP contribution in [0.25, 0.3) is 32.7 Å². The van der Waals surface area contributed by atoms with Crippen LogP contribution in [-0.2, 0) is 0 Å². The highest BCUT2D eigenvalue weighted by molar-refractivity contribution is 6.66. The van der Waals surface area contributed by atoms with Crippen LogP contribution in [0.1, 0.15) is 1.37 Å². The molecule has 0 radical (unpaired) electrons. The van der Waals surface area contributed by atoms with Crippen LogP contribution < -0.4 is 5.46 Å². The van der Waals surface area contributed by atoms with Gasteiger partial charge in [0.05, 0.1) is 1.37 Å². The van der Waals surface area contributed by atoms with E-state index in [4.69, 9.17) is 1.37 Å². The number of hydrogen-bond acceptors (Lipinski definition) is 2. The van der Waals surface area contributed by atoms with Crippen molar-refractivity contribution >= 4 is 34.1 Å². The number of hydrogen-bond donors (Lipinski definition) is 2. The lowest BCUT2D eigenvalue weighted by molar-refractivity contribution is 0.426. The molecule has 0 aliphatic carbocycles. The SMILES string of the molecule is [2H]c1ccccc1-c1c2ccccc2c(B(O)O)c2ccccc12. The predicted octanol–water partition coefficient (Wildman–Crippen LogP) is 3.34. The van der Waals surface area contributed by atoms with Gasteiger partial charge in [0.1, 0.15) is 0 Å².